The monoisotopic (exact) mass is 447 g/mol. The van der Waals surface area contributed by atoms with Crippen molar-refractivity contribution in [2.45, 2.75) is 115 Å². The molecule has 1 saturated heterocycles. The molecule has 8 heteroatoms. The number of carbonyl (C=O) groups is 2. The highest BCUT2D eigenvalue weighted by Crippen LogP contribution is 2.41. The topological polar surface area (TPSA) is 105 Å². The number of imidazole rings is 1. The van der Waals surface area contributed by atoms with Crippen molar-refractivity contribution in [2.24, 2.45) is 5.92 Å². The number of aromatic hydroxyl groups is 1. The van der Waals surface area contributed by atoms with E-state index in [1.54, 1.807) is 11.8 Å². The van der Waals surface area contributed by atoms with Gasteiger partial charge in [0.15, 0.2) is 0 Å². The number of carbonyl (C=O) groups excluding carboxylic acids is 1. The molecule has 1 aromatic rings. The van der Waals surface area contributed by atoms with E-state index in [1.807, 2.05) is 6.92 Å². The van der Waals surface area contributed by atoms with Crippen LogP contribution >= 0.6 is 0 Å². The predicted molar refractivity (Wildman–Crippen MR) is 120 cm³/mol. The first-order chi connectivity index (χ1) is 15.4. The molecule has 2 aliphatic carbocycles. The average Bonchev–Trinajstić information content (AvgIpc) is 3.29. The molecule has 1 amide bonds. The standard InChI is InChI=1S/C24H37N3O5/c1-3-9-19-22(29)26(17-11-5-4-6-12-17)24(32)25(19)15(2)21(28)27-18-13-8-7-10-16(18)14-20(27)23(30)31/h15-18,20,29H,3-14H2,1-2H3,(H,30,31)/t15-,16-,18-,20-/m0/s1. The summed E-state index contributed by atoms with van der Waals surface area (Å²) in [6, 6.07) is -1.80. The van der Waals surface area contributed by atoms with Gasteiger partial charge in [-0.05, 0) is 51.4 Å². The van der Waals surface area contributed by atoms with Crippen LogP contribution in [-0.2, 0) is 16.0 Å². The summed E-state index contributed by atoms with van der Waals surface area (Å²) in [5, 5.41) is 20.9. The molecule has 1 aromatic heterocycles. The van der Waals surface area contributed by atoms with Crippen molar-refractivity contribution in [1.82, 2.24) is 14.0 Å². The summed E-state index contributed by atoms with van der Waals surface area (Å²) in [5.74, 6) is -1.08. The van der Waals surface area contributed by atoms with Gasteiger partial charge in [0, 0.05) is 12.1 Å². The van der Waals surface area contributed by atoms with E-state index in [4.69, 9.17) is 0 Å². The molecule has 2 N–H and O–H groups in total. The van der Waals surface area contributed by atoms with E-state index in [0.29, 0.717) is 18.5 Å². The number of hydrogen-bond donors (Lipinski definition) is 2. The first-order valence-electron chi connectivity index (χ1n) is 12.5. The number of fused-ring (bicyclic) bond motifs is 1. The molecule has 0 bridgehead atoms. The van der Waals surface area contributed by atoms with Gasteiger partial charge in [-0.2, -0.15) is 0 Å². The van der Waals surface area contributed by atoms with Gasteiger partial charge in [-0.3, -0.25) is 13.9 Å². The average molecular weight is 448 g/mol. The van der Waals surface area contributed by atoms with Gasteiger partial charge in [-0.15, -0.1) is 0 Å². The normalized spacial score (nSPS) is 27.3. The third-order valence-electron chi connectivity index (χ3n) is 7.99. The summed E-state index contributed by atoms with van der Waals surface area (Å²) in [6.45, 7) is 3.66. The molecule has 3 aliphatic rings. The molecular weight excluding hydrogens is 410 g/mol. The zero-order valence-corrected chi connectivity index (χ0v) is 19.3. The van der Waals surface area contributed by atoms with Crippen molar-refractivity contribution in [3.05, 3.63) is 16.2 Å². The lowest BCUT2D eigenvalue weighted by molar-refractivity contribution is -0.151. The lowest BCUT2D eigenvalue weighted by Crippen LogP contribution is -2.49. The Balaban J connectivity index is 1.71. The molecule has 0 aromatic carbocycles. The molecule has 4 atom stereocenters. The van der Waals surface area contributed by atoms with E-state index in [1.165, 1.54) is 9.13 Å². The Kier molecular flexibility index (Phi) is 6.67. The van der Waals surface area contributed by atoms with E-state index in [9.17, 15) is 24.6 Å². The highest BCUT2D eigenvalue weighted by Gasteiger charge is 2.49. The molecule has 32 heavy (non-hydrogen) atoms. The van der Waals surface area contributed by atoms with E-state index >= 15 is 0 Å². The molecule has 3 fully saturated rings. The van der Waals surface area contributed by atoms with Gasteiger partial charge in [0.25, 0.3) is 0 Å². The highest BCUT2D eigenvalue weighted by atomic mass is 16.4. The summed E-state index contributed by atoms with van der Waals surface area (Å²) in [5.41, 5.74) is 0.153. The second-order valence-corrected chi connectivity index (χ2v) is 9.96. The predicted octanol–water partition coefficient (Wildman–Crippen LogP) is 3.62. The van der Waals surface area contributed by atoms with Crippen LogP contribution in [-0.4, -0.2) is 48.2 Å². The molecule has 2 heterocycles. The Hall–Kier alpha value is -2.25. The van der Waals surface area contributed by atoms with Gasteiger partial charge in [0.05, 0.1) is 5.69 Å². The minimum Gasteiger partial charge on any atom is -0.493 e. The number of aliphatic carboxylic acids is 1. The minimum atomic E-state index is -0.969. The molecule has 8 nitrogen and oxygen atoms in total. The maximum Gasteiger partial charge on any atom is 0.332 e. The van der Waals surface area contributed by atoms with Crippen molar-refractivity contribution in [2.75, 3.05) is 0 Å². The van der Waals surface area contributed by atoms with Crippen LogP contribution in [0.4, 0.5) is 0 Å². The first-order valence-corrected chi connectivity index (χ1v) is 12.5. The van der Waals surface area contributed by atoms with Crippen LogP contribution in [0.5, 0.6) is 5.88 Å². The third-order valence-corrected chi connectivity index (χ3v) is 7.99. The zero-order chi connectivity index (χ0) is 23.0. The van der Waals surface area contributed by atoms with Gasteiger partial charge in [0.1, 0.15) is 12.1 Å². The Labute approximate surface area is 189 Å². The summed E-state index contributed by atoms with van der Waals surface area (Å²) >= 11 is 0. The van der Waals surface area contributed by atoms with E-state index in [2.05, 4.69) is 0 Å². The fraction of sp³-hybridized carbons (Fsp3) is 0.792. The maximum absolute atomic E-state index is 13.7. The largest absolute Gasteiger partial charge is 0.493 e. The number of hydrogen-bond acceptors (Lipinski definition) is 4. The van der Waals surface area contributed by atoms with Gasteiger partial charge in [-0.1, -0.05) is 45.4 Å². The summed E-state index contributed by atoms with van der Waals surface area (Å²) < 4.78 is 2.95. The molecule has 0 radical (unpaired) electrons. The van der Waals surface area contributed by atoms with Crippen LogP contribution in [0.1, 0.15) is 102 Å². The number of aromatic nitrogens is 2. The molecule has 4 rings (SSSR count). The van der Waals surface area contributed by atoms with Crippen LogP contribution in [0.3, 0.4) is 0 Å². The molecule has 0 spiro atoms. The maximum atomic E-state index is 13.7. The van der Waals surface area contributed by atoms with Crippen LogP contribution in [0.15, 0.2) is 4.79 Å². The van der Waals surface area contributed by atoms with Crippen molar-refractivity contribution >= 4 is 11.9 Å². The van der Waals surface area contributed by atoms with Gasteiger partial charge in [-0.25, -0.2) is 9.59 Å². The number of carboxylic acid groups (broad SMARTS) is 1. The van der Waals surface area contributed by atoms with E-state index in [0.717, 1.165) is 64.2 Å². The summed E-state index contributed by atoms with van der Waals surface area (Å²) in [7, 11) is 0. The van der Waals surface area contributed by atoms with Gasteiger partial charge in [0.2, 0.25) is 11.8 Å². The Bertz CT molecular complexity index is 913. The van der Waals surface area contributed by atoms with E-state index < -0.39 is 18.1 Å². The van der Waals surface area contributed by atoms with Crippen molar-refractivity contribution in [1.29, 1.82) is 0 Å². The smallest absolute Gasteiger partial charge is 0.332 e. The van der Waals surface area contributed by atoms with Crippen molar-refractivity contribution < 1.29 is 19.8 Å². The SMILES string of the molecule is CCCc1c(O)n(C2CCCCC2)c(=O)n1[C@@H](C)C(=O)N1[C@H](C(=O)O)C[C@@H]2CCCC[C@@H]21. The van der Waals surface area contributed by atoms with Crippen LogP contribution in [0, 0.1) is 5.92 Å². The van der Waals surface area contributed by atoms with E-state index in [-0.39, 0.29) is 35.5 Å². The quantitative estimate of drug-likeness (QED) is 0.693. The fourth-order valence-corrected chi connectivity index (χ4v) is 6.43. The fourth-order valence-electron chi connectivity index (χ4n) is 6.43. The number of likely N-dealkylation sites (tertiary alicyclic amines) is 1. The first kappa shape index (κ1) is 22.9. The molecule has 0 unspecified atom stereocenters. The Morgan fingerprint density at radius 2 is 1.72 bits per heavy atom. The second-order valence-electron chi connectivity index (χ2n) is 9.96. The summed E-state index contributed by atoms with van der Waals surface area (Å²) in [6.07, 6.45) is 10.4. The molecular formula is C24H37N3O5. The number of nitrogens with zero attached hydrogens (tertiary/aromatic N) is 3. The Morgan fingerprint density at radius 3 is 2.38 bits per heavy atom. The lowest BCUT2D eigenvalue weighted by Gasteiger charge is -2.34. The van der Waals surface area contributed by atoms with Crippen molar-refractivity contribution in [3.63, 3.8) is 0 Å². The summed E-state index contributed by atoms with van der Waals surface area (Å²) in [4.78, 5) is 40.8. The molecule has 2 saturated carbocycles. The molecule has 178 valence electrons. The van der Waals surface area contributed by atoms with Crippen LogP contribution < -0.4 is 5.69 Å². The molecule has 1 aliphatic heterocycles. The second kappa shape index (κ2) is 9.32. The zero-order valence-electron chi connectivity index (χ0n) is 19.3. The van der Waals surface area contributed by atoms with Crippen LogP contribution in [0.25, 0.3) is 0 Å². The Morgan fingerprint density at radius 1 is 1.06 bits per heavy atom. The number of amides is 1. The highest BCUT2D eigenvalue weighted by molar-refractivity contribution is 5.87. The van der Waals surface area contributed by atoms with Gasteiger partial charge < -0.3 is 15.1 Å². The van der Waals surface area contributed by atoms with Gasteiger partial charge >= 0.3 is 11.7 Å². The number of rotatable bonds is 6. The lowest BCUT2D eigenvalue weighted by atomic mass is 9.84. The number of carboxylic acids is 1. The third kappa shape index (κ3) is 3.86. The van der Waals surface area contributed by atoms with Crippen molar-refractivity contribution in [3.8, 4) is 5.88 Å². The van der Waals surface area contributed by atoms with Crippen LogP contribution in [0.2, 0.25) is 0 Å². The minimum absolute atomic E-state index is 0.0184.